The minimum Gasteiger partial charge on any atom is -0.457 e. The van der Waals surface area contributed by atoms with Crippen molar-refractivity contribution in [3.05, 3.63) is 83.3 Å². The van der Waals surface area contributed by atoms with E-state index in [9.17, 15) is 23.0 Å². The number of nitrogens with zero attached hydrogens (tertiary/aromatic N) is 3. The molecule has 9 nitrogen and oxygen atoms in total. The predicted molar refractivity (Wildman–Crippen MR) is 126 cm³/mol. The zero-order chi connectivity index (χ0) is 24.5. The van der Waals surface area contributed by atoms with Gasteiger partial charge in [0.15, 0.2) is 0 Å². The molecule has 0 saturated carbocycles. The summed E-state index contributed by atoms with van der Waals surface area (Å²) in [6.07, 6.45) is 1.52. The summed E-state index contributed by atoms with van der Waals surface area (Å²) in [4.78, 5) is 8.53. The first-order valence-corrected chi connectivity index (χ1v) is 11.6. The summed E-state index contributed by atoms with van der Waals surface area (Å²) in [6, 6.07) is 15.7. The van der Waals surface area contributed by atoms with Gasteiger partial charge in [-0.05, 0) is 60.2 Å². The third kappa shape index (κ3) is 5.03. The molecule has 2 heterocycles. The fourth-order valence-corrected chi connectivity index (χ4v) is 3.87. The molecule has 0 spiro atoms. The van der Waals surface area contributed by atoms with Crippen LogP contribution in [-0.2, 0) is 10.0 Å². The number of aliphatic imine (C=N–C) groups is 1. The number of ether oxygens (including phenoxy) is 1. The van der Waals surface area contributed by atoms with E-state index in [1.54, 1.807) is 43.4 Å². The number of hydrogen-bond donors (Lipinski definition) is 3. The first-order chi connectivity index (χ1) is 16.1. The molecule has 0 bridgehead atoms. The summed E-state index contributed by atoms with van der Waals surface area (Å²) in [5.74, 6) is 0.994. The Balaban J connectivity index is 1.70. The van der Waals surface area contributed by atoms with Crippen LogP contribution >= 0.6 is 0 Å². The second kappa shape index (κ2) is 9.05. The highest BCUT2D eigenvalue weighted by atomic mass is 32.2. The molecule has 4 N–H and O–H groups in total. The maximum atomic E-state index is 13.1. The number of benzene rings is 2. The van der Waals surface area contributed by atoms with Gasteiger partial charge in [-0.2, -0.15) is 9.98 Å². The second-order valence-corrected chi connectivity index (χ2v) is 9.34. The number of rotatable bonds is 7. The maximum absolute atomic E-state index is 13.1. The lowest BCUT2D eigenvalue weighted by Crippen LogP contribution is -2.36. The molecule has 0 saturated heterocycles. The summed E-state index contributed by atoms with van der Waals surface area (Å²) in [6.45, 7) is -0.511. The number of aliphatic hydroxyl groups is 2. The molecule has 1 aliphatic heterocycles. The van der Waals surface area contributed by atoms with Gasteiger partial charge in [0.05, 0.1) is 19.3 Å². The topological polar surface area (TPSA) is 135 Å². The Bertz CT molecular complexity index is 1380. The number of pyridine rings is 1. The van der Waals surface area contributed by atoms with Gasteiger partial charge < -0.3 is 14.9 Å². The summed E-state index contributed by atoms with van der Waals surface area (Å²) < 4.78 is 42.0. The van der Waals surface area contributed by atoms with Gasteiger partial charge in [-0.25, -0.2) is 22.4 Å². The lowest BCUT2D eigenvalue weighted by molar-refractivity contribution is 0.0955. The Hall–Kier alpha value is -3.48. The smallest absolute Gasteiger partial charge is 0.261 e. The van der Waals surface area contributed by atoms with E-state index in [2.05, 4.69) is 9.98 Å². The Morgan fingerprint density at radius 3 is 2.26 bits per heavy atom. The normalized spacial score (nSPS) is 18.6. The minimum atomic E-state index is -4.01. The zero-order valence-electron chi connectivity index (χ0n) is 18.0. The molecule has 0 aliphatic carbocycles. The molecule has 1 aromatic heterocycles. The van der Waals surface area contributed by atoms with Crippen LogP contribution < -0.4 is 14.4 Å². The minimum absolute atomic E-state index is 0.212. The molecule has 0 fully saturated rings. The van der Waals surface area contributed by atoms with Crippen molar-refractivity contribution >= 4 is 22.2 Å². The van der Waals surface area contributed by atoms with E-state index in [4.69, 9.17) is 9.88 Å². The second-order valence-electron chi connectivity index (χ2n) is 7.83. The molecule has 11 heteroatoms. The van der Waals surface area contributed by atoms with Crippen LogP contribution in [0, 0.1) is 5.82 Å². The van der Waals surface area contributed by atoms with Crippen molar-refractivity contribution in [3.8, 4) is 22.8 Å². The molecule has 4 rings (SSSR count). The molecule has 1 aliphatic rings. The number of hydrogen-bond acceptors (Lipinski definition) is 7. The monoisotopic (exact) mass is 485 g/mol. The summed E-state index contributed by atoms with van der Waals surface area (Å²) >= 11 is 0. The van der Waals surface area contributed by atoms with Crippen LogP contribution in [0.5, 0.6) is 11.5 Å². The van der Waals surface area contributed by atoms with Gasteiger partial charge in [-0.15, -0.1) is 0 Å². The van der Waals surface area contributed by atoms with Gasteiger partial charge in [-0.3, -0.25) is 0 Å². The number of aromatic nitrogens is 1. The van der Waals surface area contributed by atoms with Crippen LogP contribution in [0.2, 0.25) is 0 Å². The molecule has 2 aromatic carbocycles. The molecule has 0 amide bonds. The van der Waals surface area contributed by atoms with Crippen molar-refractivity contribution in [2.75, 3.05) is 13.7 Å². The van der Waals surface area contributed by atoms with Gasteiger partial charge in [0.1, 0.15) is 29.6 Å². The average molecular weight is 486 g/mol. The van der Waals surface area contributed by atoms with Gasteiger partial charge in [-0.1, -0.05) is 0 Å². The van der Waals surface area contributed by atoms with E-state index in [-0.39, 0.29) is 15.3 Å². The van der Waals surface area contributed by atoms with Gasteiger partial charge in [0.2, 0.25) is 17.2 Å². The summed E-state index contributed by atoms with van der Waals surface area (Å²) in [5, 5.41) is 24.6. The van der Waals surface area contributed by atoms with Gasteiger partial charge in [0.25, 0.3) is 10.0 Å². The molecular formula is C23H22FN4O5S+. The molecule has 2 atom stereocenters. The molecular weight excluding hydrogens is 463 g/mol. The molecule has 0 radical (unpaired) electrons. The predicted octanol–water partition coefficient (Wildman–Crippen LogP) is 2.77. The van der Waals surface area contributed by atoms with Gasteiger partial charge in [0, 0.05) is 11.6 Å². The quantitative estimate of drug-likeness (QED) is 0.441. The number of nitrogens with two attached hydrogens (primary N) is 1. The highest BCUT2D eigenvalue weighted by Crippen LogP contribution is 2.32. The van der Waals surface area contributed by atoms with Crippen molar-refractivity contribution < 1.29 is 27.8 Å². The third-order valence-electron chi connectivity index (χ3n) is 5.18. The van der Waals surface area contributed by atoms with Crippen LogP contribution in [0.25, 0.3) is 11.3 Å². The first kappa shape index (κ1) is 23.7. The molecule has 3 aromatic rings. The zero-order valence-corrected chi connectivity index (χ0v) is 18.9. The van der Waals surface area contributed by atoms with E-state index in [1.807, 2.05) is 0 Å². The molecule has 176 valence electrons. The number of quaternary nitrogens is 1. The Labute approximate surface area is 195 Å². The highest BCUT2D eigenvalue weighted by Gasteiger charge is 2.34. The van der Waals surface area contributed by atoms with Gasteiger partial charge >= 0.3 is 0 Å². The average Bonchev–Trinajstić information content (AvgIpc) is 3.24. The van der Waals surface area contributed by atoms with Crippen LogP contribution in [-0.4, -0.2) is 43.6 Å². The maximum Gasteiger partial charge on any atom is 0.261 e. The summed E-state index contributed by atoms with van der Waals surface area (Å²) in [7, 11) is -2.36. The van der Waals surface area contributed by atoms with Crippen molar-refractivity contribution in [1.82, 2.24) is 9.47 Å². The fourth-order valence-electron chi connectivity index (χ4n) is 3.31. The SMILES string of the molecule is C[N@+]1(c2cc(C(O)CO)cc(-c3ccc(Oc4ccc(F)cc4)cc3)n2)C=NC(S(N)(=O)=O)=C1. The number of primary sulfonamides is 1. The Kier molecular flexibility index (Phi) is 6.30. The number of halogens is 1. The largest absolute Gasteiger partial charge is 0.457 e. The summed E-state index contributed by atoms with van der Waals surface area (Å²) in [5.41, 5.74) is 1.54. The molecule has 1 unspecified atom stereocenters. The van der Waals surface area contributed by atoms with E-state index in [1.165, 1.54) is 36.8 Å². The molecule has 34 heavy (non-hydrogen) atoms. The lowest BCUT2D eigenvalue weighted by Gasteiger charge is -2.22. The van der Waals surface area contributed by atoms with Crippen LogP contribution in [0.15, 0.2) is 76.9 Å². The van der Waals surface area contributed by atoms with Crippen molar-refractivity contribution in [3.63, 3.8) is 0 Å². The van der Waals surface area contributed by atoms with Crippen molar-refractivity contribution in [2.24, 2.45) is 10.1 Å². The van der Waals surface area contributed by atoms with Crippen LogP contribution in [0.3, 0.4) is 0 Å². The van der Waals surface area contributed by atoms with Crippen molar-refractivity contribution in [1.29, 1.82) is 0 Å². The fraction of sp³-hybridized carbons (Fsp3) is 0.130. The Morgan fingerprint density at radius 1 is 1.09 bits per heavy atom. The first-order valence-electron chi connectivity index (χ1n) is 10.1. The van der Waals surface area contributed by atoms with E-state index < -0.39 is 22.7 Å². The number of sulfonamides is 1. The van der Waals surface area contributed by atoms with Crippen LogP contribution in [0.4, 0.5) is 10.2 Å². The highest BCUT2D eigenvalue weighted by molar-refractivity contribution is 7.93. The standard InChI is InChI=1S/C23H22FN4O5S/c1-28(12-23(26-14-28)34(25,31)32)22-11-16(21(30)13-29)10-20(27-22)15-2-6-18(7-3-15)33-19-8-4-17(24)5-9-19/h2-12,14,21,29-30H,13H2,1H3,(H2,25,31,32)/q+1/t21?,28-/m1/s1. The number of aliphatic hydroxyl groups excluding tert-OH is 2. The third-order valence-corrected chi connectivity index (χ3v) is 5.97. The lowest BCUT2D eigenvalue weighted by atomic mass is 10.1. The van der Waals surface area contributed by atoms with Crippen molar-refractivity contribution in [2.45, 2.75) is 6.10 Å². The Morgan fingerprint density at radius 2 is 1.71 bits per heavy atom. The van der Waals surface area contributed by atoms with E-state index in [0.29, 0.717) is 34.1 Å². The van der Waals surface area contributed by atoms with Crippen LogP contribution in [0.1, 0.15) is 11.7 Å². The van der Waals surface area contributed by atoms with E-state index >= 15 is 0 Å². The van der Waals surface area contributed by atoms with E-state index in [0.717, 1.165) is 0 Å².